The topological polar surface area (TPSA) is 79.3 Å². The van der Waals surface area contributed by atoms with Gasteiger partial charge in [-0.1, -0.05) is 12.1 Å². The zero-order valence-corrected chi connectivity index (χ0v) is 15.8. The van der Waals surface area contributed by atoms with Gasteiger partial charge >= 0.3 is 5.97 Å². The lowest BCUT2D eigenvalue weighted by Gasteiger charge is -2.29. The zero-order valence-electron chi connectivity index (χ0n) is 15.8. The Labute approximate surface area is 164 Å². The fraction of sp³-hybridized carbons (Fsp3) is 0.333. The van der Waals surface area contributed by atoms with Crippen LogP contribution in [0, 0.1) is 0 Å². The van der Waals surface area contributed by atoms with Crippen molar-refractivity contribution in [3.8, 4) is 5.75 Å². The minimum absolute atomic E-state index is 0.0558. The molecule has 0 radical (unpaired) electrons. The lowest BCUT2D eigenvalue weighted by atomic mass is 10.1. The first-order chi connectivity index (χ1) is 13.5. The predicted octanol–water partition coefficient (Wildman–Crippen LogP) is 2.26. The van der Waals surface area contributed by atoms with Crippen molar-refractivity contribution in [1.29, 1.82) is 0 Å². The van der Waals surface area contributed by atoms with Gasteiger partial charge in [-0.3, -0.25) is 4.79 Å². The molecule has 1 saturated heterocycles. The average molecular weight is 384 g/mol. The van der Waals surface area contributed by atoms with E-state index in [0.717, 1.165) is 37.6 Å². The number of carboxylic acids is 1. The number of nitrogens with zero attached hydrogens (tertiary/aromatic N) is 2. The van der Waals surface area contributed by atoms with Gasteiger partial charge in [0.05, 0.1) is 13.2 Å². The first-order valence-electron chi connectivity index (χ1n) is 9.14. The molecule has 0 spiro atoms. The molecule has 1 fully saturated rings. The van der Waals surface area contributed by atoms with Crippen molar-refractivity contribution >= 4 is 17.6 Å². The molecule has 0 aliphatic carbocycles. The van der Waals surface area contributed by atoms with Crippen LogP contribution in [0.25, 0.3) is 0 Å². The van der Waals surface area contributed by atoms with Gasteiger partial charge in [0, 0.05) is 37.9 Å². The van der Waals surface area contributed by atoms with Gasteiger partial charge in [-0.2, -0.15) is 0 Å². The lowest BCUT2D eigenvalue weighted by Crippen LogP contribution is -2.36. The monoisotopic (exact) mass is 384 g/mol. The summed E-state index contributed by atoms with van der Waals surface area (Å²) in [5, 5.41) is 8.63. The van der Waals surface area contributed by atoms with Crippen LogP contribution in [0.2, 0.25) is 0 Å². The van der Waals surface area contributed by atoms with Crippen LogP contribution < -0.4 is 9.64 Å². The van der Waals surface area contributed by atoms with Gasteiger partial charge < -0.3 is 24.4 Å². The molecule has 1 heterocycles. The van der Waals surface area contributed by atoms with E-state index in [4.69, 9.17) is 14.6 Å². The third-order valence-electron chi connectivity index (χ3n) is 4.54. The Morgan fingerprint density at radius 3 is 2.32 bits per heavy atom. The second-order valence-corrected chi connectivity index (χ2v) is 6.63. The standard InChI is InChI=1S/C21H24N2O5/c1-22(14-16-2-8-19(9-3-16)28-15-20(24)25)21(26)17-4-6-18(7-5-17)23-10-12-27-13-11-23/h2-9H,10-15H2,1H3,(H,24,25). The number of morpholine rings is 1. The molecule has 0 unspecified atom stereocenters. The van der Waals surface area contributed by atoms with Gasteiger partial charge in [0.1, 0.15) is 5.75 Å². The summed E-state index contributed by atoms with van der Waals surface area (Å²) in [6, 6.07) is 14.7. The number of benzene rings is 2. The molecule has 0 atom stereocenters. The molecule has 3 rings (SSSR count). The van der Waals surface area contributed by atoms with E-state index in [1.165, 1.54) is 0 Å². The maximum Gasteiger partial charge on any atom is 0.341 e. The summed E-state index contributed by atoms with van der Waals surface area (Å²) in [5.74, 6) is -0.590. The van der Waals surface area contributed by atoms with Gasteiger partial charge in [0.25, 0.3) is 5.91 Å². The Kier molecular flexibility index (Phi) is 6.49. The van der Waals surface area contributed by atoms with Gasteiger partial charge in [0.2, 0.25) is 0 Å². The fourth-order valence-corrected chi connectivity index (χ4v) is 3.04. The SMILES string of the molecule is CN(Cc1ccc(OCC(=O)O)cc1)C(=O)c1ccc(N2CCOCC2)cc1. The Balaban J connectivity index is 1.57. The molecular formula is C21H24N2O5. The minimum atomic E-state index is -1.02. The molecule has 7 nitrogen and oxygen atoms in total. The summed E-state index contributed by atoms with van der Waals surface area (Å²) in [4.78, 5) is 27.1. The Morgan fingerprint density at radius 2 is 1.71 bits per heavy atom. The Morgan fingerprint density at radius 1 is 1.07 bits per heavy atom. The quantitative estimate of drug-likeness (QED) is 0.789. The Hall–Kier alpha value is -3.06. The molecule has 1 amide bonds. The largest absolute Gasteiger partial charge is 0.482 e. The molecule has 148 valence electrons. The van der Waals surface area contributed by atoms with Crippen molar-refractivity contribution in [1.82, 2.24) is 4.90 Å². The van der Waals surface area contributed by atoms with E-state index in [1.807, 2.05) is 36.4 Å². The number of amides is 1. The summed E-state index contributed by atoms with van der Waals surface area (Å²) in [5.41, 5.74) is 2.67. The average Bonchev–Trinajstić information content (AvgIpc) is 2.73. The van der Waals surface area contributed by atoms with E-state index >= 15 is 0 Å². The molecule has 1 aliphatic rings. The maximum atomic E-state index is 12.7. The summed E-state index contributed by atoms with van der Waals surface area (Å²) in [6.45, 7) is 3.24. The van der Waals surface area contributed by atoms with Crippen LogP contribution in [0.4, 0.5) is 5.69 Å². The van der Waals surface area contributed by atoms with Crippen molar-refractivity contribution in [2.75, 3.05) is 44.9 Å². The fourth-order valence-electron chi connectivity index (χ4n) is 3.04. The molecule has 1 aliphatic heterocycles. The summed E-state index contributed by atoms with van der Waals surface area (Å²) in [6.07, 6.45) is 0. The number of carbonyl (C=O) groups excluding carboxylic acids is 1. The highest BCUT2D eigenvalue weighted by Crippen LogP contribution is 2.18. The van der Waals surface area contributed by atoms with E-state index in [-0.39, 0.29) is 12.5 Å². The number of anilines is 1. The number of ether oxygens (including phenoxy) is 2. The van der Waals surface area contributed by atoms with E-state index in [0.29, 0.717) is 17.9 Å². The highest BCUT2D eigenvalue weighted by Gasteiger charge is 2.15. The van der Waals surface area contributed by atoms with E-state index in [2.05, 4.69) is 4.90 Å². The van der Waals surface area contributed by atoms with Crippen LogP contribution in [0.1, 0.15) is 15.9 Å². The normalized spacial score (nSPS) is 13.8. The molecule has 28 heavy (non-hydrogen) atoms. The number of carboxylic acid groups (broad SMARTS) is 1. The predicted molar refractivity (Wildman–Crippen MR) is 105 cm³/mol. The van der Waals surface area contributed by atoms with Crippen molar-refractivity contribution in [2.24, 2.45) is 0 Å². The van der Waals surface area contributed by atoms with E-state index in [9.17, 15) is 9.59 Å². The molecule has 0 bridgehead atoms. The smallest absolute Gasteiger partial charge is 0.341 e. The summed E-state index contributed by atoms with van der Waals surface area (Å²) < 4.78 is 10.5. The number of aliphatic carboxylic acids is 1. The van der Waals surface area contributed by atoms with Crippen LogP contribution >= 0.6 is 0 Å². The summed E-state index contributed by atoms with van der Waals surface area (Å²) in [7, 11) is 1.76. The second kappa shape index (κ2) is 9.23. The first-order valence-corrected chi connectivity index (χ1v) is 9.14. The molecule has 7 heteroatoms. The molecule has 2 aromatic rings. The number of hydrogen-bond donors (Lipinski definition) is 1. The van der Waals surface area contributed by atoms with E-state index < -0.39 is 5.97 Å². The van der Waals surface area contributed by atoms with Crippen molar-refractivity contribution in [3.63, 3.8) is 0 Å². The van der Waals surface area contributed by atoms with E-state index in [1.54, 1.807) is 24.1 Å². The van der Waals surface area contributed by atoms with Crippen molar-refractivity contribution in [2.45, 2.75) is 6.54 Å². The van der Waals surface area contributed by atoms with Crippen LogP contribution in [0.3, 0.4) is 0 Å². The lowest BCUT2D eigenvalue weighted by molar-refractivity contribution is -0.139. The zero-order chi connectivity index (χ0) is 19.9. The number of hydrogen-bond acceptors (Lipinski definition) is 5. The maximum absolute atomic E-state index is 12.7. The third kappa shape index (κ3) is 5.23. The van der Waals surface area contributed by atoms with Gasteiger partial charge in [-0.25, -0.2) is 4.79 Å². The van der Waals surface area contributed by atoms with Gasteiger partial charge in [0.15, 0.2) is 6.61 Å². The highest BCUT2D eigenvalue weighted by molar-refractivity contribution is 5.94. The van der Waals surface area contributed by atoms with Gasteiger partial charge in [-0.15, -0.1) is 0 Å². The number of rotatable bonds is 7. The van der Waals surface area contributed by atoms with Crippen LogP contribution in [0.5, 0.6) is 5.75 Å². The van der Waals surface area contributed by atoms with Crippen LogP contribution in [-0.2, 0) is 16.1 Å². The van der Waals surface area contributed by atoms with Crippen LogP contribution in [0.15, 0.2) is 48.5 Å². The number of carbonyl (C=O) groups is 2. The third-order valence-corrected chi connectivity index (χ3v) is 4.54. The first kappa shape index (κ1) is 19.7. The molecule has 2 aromatic carbocycles. The van der Waals surface area contributed by atoms with Crippen LogP contribution in [-0.4, -0.2) is 61.8 Å². The van der Waals surface area contributed by atoms with Crippen molar-refractivity contribution in [3.05, 3.63) is 59.7 Å². The minimum Gasteiger partial charge on any atom is -0.482 e. The summed E-state index contributed by atoms with van der Waals surface area (Å²) >= 11 is 0. The molecule has 0 aromatic heterocycles. The molecular weight excluding hydrogens is 360 g/mol. The van der Waals surface area contributed by atoms with Crippen molar-refractivity contribution < 1.29 is 24.2 Å². The molecule has 0 saturated carbocycles. The Bertz CT molecular complexity index is 799. The van der Waals surface area contributed by atoms with Gasteiger partial charge in [-0.05, 0) is 42.0 Å². The second-order valence-electron chi connectivity index (χ2n) is 6.63. The molecule has 1 N–H and O–H groups in total. The highest BCUT2D eigenvalue weighted by atomic mass is 16.5.